The Kier molecular flexibility index (Phi) is 4.00. The number of ether oxygens (including phenoxy) is 1. The molecule has 1 fully saturated rings. The molecule has 1 atom stereocenters. The molecule has 0 aliphatic carbocycles. The van der Waals surface area contributed by atoms with Crippen LogP contribution in [0, 0.1) is 0 Å². The molecule has 1 aromatic heterocycles. The molecule has 7 nitrogen and oxygen atoms in total. The number of hydrogen-bond acceptors (Lipinski definition) is 5. The summed E-state index contributed by atoms with van der Waals surface area (Å²) in [6.45, 7) is 1.45. The maximum Gasteiger partial charge on any atom is 0.276 e. The van der Waals surface area contributed by atoms with Gasteiger partial charge in [-0.3, -0.25) is 10.1 Å². The van der Waals surface area contributed by atoms with Gasteiger partial charge in [0.1, 0.15) is 5.70 Å². The largest absolute Gasteiger partial charge is 0.379 e. The van der Waals surface area contributed by atoms with Gasteiger partial charge in [0.25, 0.3) is 5.91 Å². The first-order valence-electron chi connectivity index (χ1n) is 8.17. The SMILES string of the molecule is O=C1NC(NC2CCCCOC2)=N/C1=C\c1ccc2[nH]cnc2c1. The molecule has 2 aliphatic heterocycles. The van der Waals surface area contributed by atoms with Gasteiger partial charge in [0.2, 0.25) is 5.96 Å². The van der Waals surface area contributed by atoms with Crippen LogP contribution in [0.25, 0.3) is 17.1 Å². The lowest BCUT2D eigenvalue weighted by Gasteiger charge is -2.16. The fourth-order valence-electron chi connectivity index (χ4n) is 2.94. The number of aromatic nitrogens is 2. The summed E-state index contributed by atoms with van der Waals surface area (Å²) in [4.78, 5) is 23.8. The van der Waals surface area contributed by atoms with Crippen molar-refractivity contribution in [1.29, 1.82) is 0 Å². The molecule has 7 heteroatoms. The molecular formula is C17H19N5O2. The van der Waals surface area contributed by atoms with Gasteiger partial charge in [0.15, 0.2) is 0 Å². The number of nitrogens with one attached hydrogen (secondary N) is 3. The minimum atomic E-state index is -0.200. The highest BCUT2D eigenvalue weighted by Crippen LogP contribution is 2.17. The number of amides is 1. The summed E-state index contributed by atoms with van der Waals surface area (Å²) in [5, 5.41) is 6.04. The Hall–Kier alpha value is -2.67. The number of hydrogen-bond donors (Lipinski definition) is 3. The van der Waals surface area contributed by atoms with Crippen molar-refractivity contribution in [2.24, 2.45) is 4.99 Å². The molecule has 3 heterocycles. The number of rotatable bonds is 2. The van der Waals surface area contributed by atoms with Gasteiger partial charge in [-0.2, -0.15) is 0 Å². The predicted molar refractivity (Wildman–Crippen MR) is 91.2 cm³/mol. The number of fused-ring (bicyclic) bond motifs is 1. The number of benzene rings is 1. The quantitative estimate of drug-likeness (QED) is 0.731. The monoisotopic (exact) mass is 325 g/mol. The molecule has 0 spiro atoms. The number of guanidine groups is 1. The maximum atomic E-state index is 12.1. The second kappa shape index (κ2) is 6.45. The fraction of sp³-hybridized carbons (Fsp3) is 0.353. The summed E-state index contributed by atoms with van der Waals surface area (Å²) in [6.07, 6.45) is 6.63. The van der Waals surface area contributed by atoms with Crippen molar-refractivity contribution >= 4 is 29.0 Å². The minimum Gasteiger partial charge on any atom is -0.379 e. The third-order valence-corrected chi connectivity index (χ3v) is 4.20. The zero-order chi connectivity index (χ0) is 16.4. The van der Waals surface area contributed by atoms with Crippen LogP contribution < -0.4 is 10.6 Å². The first-order valence-corrected chi connectivity index (χ1v) is 8.17. The molecule has 2 aromatic rings. The zero-order valence-corrected chi connectivity index (χ0v) is 13.2. The van der Waals surface area contributed by atoms with E-state index in [4.69, 9.17) is 4.74 Å². The molecule has 1 saturated heterocycles. The molecular weight excluding hydrogens is 306 g/mol. The Bertz CT molecular complexity index is 815. The number of aliphatic imine (C=N–C) groups is 1. The van der Waals surface area contributed by atoms with Crippen LogP contribution in [0.4, 0.5) is 0 Å². The number of H-pyrrole nitrogens is 1. The van der Waals surface area contributed by atoms with Crippen LogP contribution in [-0.4, -0.2) is 41.1 Å². The van der Waals surface area contributed by atoms with Gasteiger partial charge in [0.05, 0.1) is 30.0 Å². The third-order valence-electron chi connectivity index (χ3n) is 4.20. The zero-order valence-electron chi connectivity index (χ0n) is 13.2. The Morgan fingerprint density at radius 1 is 1.33 bits per heavy atom. The van der Waals surface area contributed by atoms with Gasteiger partial charge in [0, 0.05) is 6.61 Å². The van der Waals surface area contributed by atoms with Crippen LogP contribution >= 0.6 is 0 Å². The van der Waals surface area contributed by atoms with Crippen LogP contribution in [0.3, 0.4) is 0 Å². The third kappa shape index (κ3) is 3.16. The van der Waals surface area contributed by atoms with Crippen molar-refractivity contribution in [3.05, 3.63) is 35.8 Å². The van der Waals surface area contributed by atoms with E-state index in [0.717, 1.165) is 42.5 Å². The van der Waals surface area contributed by atoms with Crippen LogP contribution in [0.5, 0.6) is 0 Å². The first-order chi connectivity index (χ1) is 11.8. The highest BCUT2D eigenvalue weighted by atomic mass is 16.5. The summed E-state index contributed by atoms with van der Waals surface area (Å²) >= 11 is 0. The van der Waals surface area contributed by atoms with Gasteiger partial charge in [-0.1, -0.05) is 6.07 Å². The second-order valence-corrected chi connectivity index (χ2v) is 6.04. The van der Waals surface area contributed by atoms with E-state index in [9.17, 15) is 4.79 Å². The fourth-order valence-corrected chi connectivity index (χ4v) is 2.94. The Labute approximate surface area is 139 Å². The number of imidazole rings is 1. The maximum absolute atomic E-state index is 12.1. The van der Waals surface area contributed by atoms with Crippen molar-refractivity contribution in [3.63, 3.8) is 0 Å². The molecule has 0 saturated carbocycles. The molecule has 1 amide bonds. The molecule has 3 N–H and O–H groups in total. The van der Waals surface area contributed by atoms with E-state index >= 15 is 0 Å². The summed E-state index contributed by atoms with van der Waals surface area (Å²) in [6, 6.07) is 5.98. The van der Waals surface area contributed by atoms with E-state index in [-0.39, 0.29) is 11.9 Å². The van der Waals surface area contributed by atoms with E-state index in [1.54, 1.807) is 12.4 Å². The Balaban J connectivity index is 1.51. The lowest BCUT2D eigenvalue weighted by atomic mass is 10.1. The van der Waals surface area contributed by atoms with Crippen LogP contribution in [-0.2, 0) is 9.53 Å². The molecule has 0 radical (unpaired) electrons. The summed E-state index contributed by atoms with van der Waals surface area (Å²) < 4.78 is 5.55. The molecule has 124 valence electrons. The average molecular weight is 325 g/mol. The molecule has 2 aliphatic rings. The lowest BCUT2D eigenvalue weighted by Crippen LogP contribution is -2.44. The molecule has 24 heavy (non-hydrogen) atoms. The number of carbonyl (C=O) groups is 1. The topological polar surface area (TPSA) is 91.4 Å². The van der Waals surface area contributed by atoms with E-state index < -0.39 is 0 Å². The normalized spacial score (nSPS) is 23.2. The predicted octanol–water partition coefficient (Wildman–Crippen LogP) is 1.55. The van der Waals surface area contributed by atoms with Crippen molar-refractivity contribution < 1.29 is 9.53 Å². The van der Waals surface area contributed by atoms with E-state index in [1.165, 1.54) is 0 Å². The van der Waals surface area contributed by atoms with E-state index in [0.29, 0.717) is 18.3 Å². The van der Waals surface area contributed by atoms with Gasteiger partial charge in [-0.25, -0.2) is 9.98 Å². The average Bonchev–Trinajstić information content (AvgIpc) is 3.07. The Morgan fingerprint density at radius 3 is 3.25 bits per heavy atom. The molecule has 1 unspecified atom stereocenters. The van der Waals surface area contributed by atoms with Gasteiger partial charge in [-0.15, -0.1) is 0 Å². The van der Waals surface area contributed by atoms with Crippen LogP contribution in [0.2, 0.25) is 0 Å². The highest BCUT2D eigenvalue weighted by Gasteiger charge is 2.23. The van der Waals surface area contributed by atoms with Crippen molar-refractivity contribution in [2.75, 3.05) is 13.2 Å². The second-order valence-electron chi connectivity index (χ2n) is 6.04. The number of nitrogens with zero attached hydrogens (tertiary/aromatic N) is 2. The van der Waals surface area contributed by atoms with Gasteiger partial charge in [-0.05, 0) is 43.0 Å². The van der Waals surface area contributed by atoms with Crippen molar-refractivity contribution in [1.82, 2.24) is 20.6 Å². The first kappa shape index (κ1) is 14.9. The van der Waals surface area contributed by atoms with Crippen molar-refractivity contribution in [3.8, 4) is 0 Å². The summed E-state index contributed by atoms with van der Waals surface area (Å²) in [7, 11) is 0. The molecule has 1 aromatic carbocycles. The van der Waals surface area contributed by atoms with Crippen LogP contribution in [0.1, 0.15) is 24.8 Å². The van der Waals surface area contributed by atoms with E-state index in [2.05, 4.69) is 25.6 Å². The molecule has 4 rings (SSSR count). The smallest absolute Gasteiger partial charge is 0.276 e. The number of aromatic amines is 1. The Morgan fingerprint density at radius 2 is 2.29 bits per heavy atom. The minimum absolute atomic E-state index is 0.186. The van der Waals surface area contributed by atoms with Gasteiger partial charge >= 0.3 is 0 Å². The lowest BCUT2D eigenvalue weighted by molar-refractivity contribution is -0.115. The highest BCUT2D eigenvalue weighted by molar-refractivity contribution is 6.13. The summed E-state index contributed by atoms with van der Waals surface area (Å²) in [5.74, 6) is 0.303. The van der Waals surface area contributed by atoms with E-state index in [1.807, 2.05) is 18.2 Å². The van der Waals surface area contributed by atoms with Gasteiger partial charge < -0.3 is 15.0 Å². The standard InChI is InChI=1S/C17H19N5O2/c23-16-15(8-11-4-5-13-14(7-11)19-10-18-13)21-17(22-16)20-12-3-1-2-6-24-9-12/h4-5,7-8,10,12H,1-3,6,9H2,(H,18,19)(H2,20,21,22,23)/b15-8-. The molecule has 0 bridgehead atoms. The summed E-state index contributed by atoms with van der Waals surface area (Å²) in [5.41, 5.74) is 3.11. The van der Waals surface area contributed by atoms with Crippen LogP contribution in [0.15, 0.2) is 35.2 Å². The van der Waals surface area contributed by atoms with Crippen molar-refractivity contribution in [2.45, 2.75) is 25.3 Å². The number of carbonyl (C=O) groups excluding carboxylic acids is 1.